The van der Waals surface area contributed by atoms with E-state index in [2.05, 4.69) is 0 Å². The van der Waals surface area contributed by atoms with Crippen LogP contribution in [0.15, 0.2) is 42.5 Å². The van der Waals surface area contributed by atoms with Crippen molar-refractivity contribution < 1.29 is 9.18 Å². The molecule has 0 radical (unpaired) electrons. The molecule has 3 heteroatoms. The van der Waals surface area contributed by atoms with Crippen LogP contribution in [0.25, 0.3) is 0 Å². The summed E-state index contributed by atoms with van der Waals surface area (Å²) in [4.78, 5) is 12.7. The van der Waals surface area contributed by atoms with Crippen molar-refractivity contribution in [2.24, 2.45) is 5.92 Å². The molecule has 0 heterocycles. The quantitative estimate of drug-likeness (QED) is 0.724. The van der Waals surface area contributed by atoms with Crippen LogP contribution in [0.1, 0.15) is 34.3 Å². The Morgan fingerprint density at radius 3 is 2.81 bits per heavy atom. The Hall–Kier alpha value is -1.67. The van der Waals surface area contributed by atoms with Gasteiger partial charge in [-0.25, -0.2) is 4.39 Å². The van der Waals surface area contributed by atoms with Gasteiger partial charge in [-0.15, -0.1) is 0 Å². The lowest BCUT2D eigenvalue weighted by Crippen LogP contribution is -2.17. The van der Waals surface area contributed by atoms with Crippen molar-refractivity contribution in [3.8, 4) is 0 Å². The van der Waals surface area contributed by atoms with Gasteiger partial charge in [0.05, 0.1) is 0 Å². The van der Waals surface area contributed by atoms with Gasteiger partial charge in [0.25, 0.3) is 0 Å². The lowest BCUT2D eigenvalue weighted by molar-refractivity contribution is 0.0915. The van der Waals surface area contributed by atoms with Crippen molar-refractivity contribution in [2.45, 2.75) is 25.7 Å². The number of carbonyl (C=O) groups excluding carboxylic acids is 1. The first-order valence-corrected chi connectivity index (χ1v) is 7.59. The minimum absolute atomic E-state index is 0.137. The number of aryl methyl sites for hydroxylation is 1. The van der Waals surface area contributed by atoms with Gasteiger partial charge in [-0.3, -0.25) is 4.79 Å². The number of Topliss-reactive ketones (excluding diaryl/α,β-unsaturated/α-hetero) is 1. The molecule has 2 aromatic rings. The first kappa shape index (κ1) is 14.3. The molecule has 1 aliphatic rings. The Kier molecular flexibility index (Phi) is 4.07. The number of benzene rings is 2. The lowest BCUT2D eigenvalue weighted by Gasteiger charge is -2.14. The van der Waals surface area contributed by atoms with Gasteiger partial charge in [0.15, 0.2) is 5.78 Å². The van der Waals surface area contributed by atoms with E-state index in [-0.39, 0.29) is 17.5 Å². The van der Waals surface area contributed by atoms with Crippen LogP contribution < -0.4 is 0 Å². The monoisotopic (exact) mass is 302 g/mol. The van der Waals surface area contributed by atoms with Crippen LogP contribution in [0.3, 0.4) is 0 Å². The molecule has 108 valence electrons. The number of halogens is 2. The van der Waals surface area contributed by atoms with Crippen LogP contribution in [-0.2, 0) is 12.8 Å². The number of fused-ring (bicyclic) bond motifs is 1. The van der Waals surface area contributed by atoms with E-state index >= 15 is 0 Å². The molecule has 0 saturated carbocycles. The van der Waals surface area contributed by atoms with Gasteiger partial charge < -0.3 is 0 Å². The second-order valence-electron chi connectivity index (χ2n) is 5.55. The van der Waals surface area contributed by atoms with E-state index < -0.39 is 0 Å². The molecule has 0 saturated heterocycles. The molecule has 0 N–H and O–H groups in total. The minimum atomic E-state index is -0.326. The first-order chi connectivity index (χ1) is 10.1. The molecule has 0 spiro atoms. The lowest BCUT2D eigenvalue weighted by atomic mass is 9.89. The second-order valence-corrected chi connectivity index (χ2v) is 5.99. The van der Waals surface area contributed by atoms with Crippen LogP contribution >= 0.6 is 11.6 Å². The Morgan fingerprint density at radius 2 is 2.00 bits per heavy atom. The fourth-order valence-electron chi connectivity index (χ4n) is 3.02. The molecule has 1 atom stereocenters. The van der Waals surface area contributed by atoms with Crippen molar-refractivity contribution in [3.05, 3.63) is 70.0 Å². The highest BCUT2D eigenvalue weighted by Gasteiger charge is 2.26. The third-order valence-corrected chi connectivity index (χ3v) is 4.37. The predicted molar refractivity (Wildman–Crippen MR) is 82.3 cm³/mol. The third kappa shape index (κ3) is 3.01. The average molecular weight is 303 g/mol. The van der Waals surface area contributed by atoms with Crippen molar-refractivity contribution in [2.75, 3.05) is 0 Å². The first-order valence-electron chi connectivity index (χ1n) is 7.21. The number of ketones is 1. The number of carbonyl (C=O) groups is 1. The summed E-state index contributed by atoms with van der Waals surface area (Å²) >= 11 is 5.77. The van der Waals surface area contributed by atoms with Gasteiger partial charge in [-0.1, -0.05) is 41.9 Å². The fourth-order valence-corrected chi connectivity index (χ4v) is 3.17. The number of hydrogen-bond acceptors (Lipinski definition) is 1. The molecule has 1 unspecified atom stereocenters. The van der Waals surface area contributed by atoms with Crippen molar-refractivity contribution in [1.29, 1.82) is 0 Å². The normalized spacial score (nSPS) is 18.2. The van der Waals surface area contributed by atoms with Crippen LogP contribution in [0.2, 0.25) is 5.02 Å². The smallest absolute Gasteiger partial charge is 0.166 e. The van der Waals surface area contributed by atoms with Gasteiger partial charge in [-0.05, 0) is 48.9 Å². The van der Waals surface area contributed by atoms with E-state index in [1.165, 1.54) is 6.07 Å². The van der Waals surface area contributed by atoms with Gasteiger partial charge in [0.2, 0.25) is 0 Å². The highest BCUT2D eigenvalue weighted by atomic mass is 35.5. The van der Waals surface area contributed by atoms with Crippen LogP contribution in [0, 0.1) is 11.7 Å². The van der Waals surface area contributed by atoms with Gasteiger partial charge in [0.1, 0.15) is 5.82 Å². The highest BCUT2D eigenvalue weighted by Crippen LogP contribution is 2.28. The molecule has 0 amide bonds. The largest absolute Gasteiger partial charge is 0.294 e. The fraction of sp³-hybridized carbons (Fsp3) is 0.278. The zero-order valence-electron chi connectivity index (χ0n) is 11.6. The summed E-state index contributed by atoms with van der Waals surface area (Å²) in [6.45, 7) is 0. The molecule has 21 heavy (non-hydrogen) atoms. The zero-order chi connectivity index (χ0) is 14.8. The molecule has 0 fully saturated rings. The molecule has 1 nitrogen and oxygen atoms in total. The van der Waals surface area contributed by atoms with E-state index in [4.69, 9.17) is 11.6 Å². The average Bonchev–Trinajstić information content (AvgIpc) is 2.63. The Morgan fingerprint density at radius 1 is 1.19 bits per heavy atom. The van der Waals surface area contributed by atoms with E-state index in [0.29, 0.717) is 17.0 Å². The summed E-state index contributed by atoms with van der Waals surface area (Å²) < 4.78 is 13.9. The summed E-state index contributed by atoms with van der Waals surface area (Å²) in [5.41, 5.74) is 2.48. The van der Waals surface area contributed by atoms with Crippen LogP contribution in [-0.4, -0.2) is 5.78 Å². The molecule has 1 aliphatic carbocycles. The van der Waals surface area contributed by atoms with Crippen molar-refractivity contribution in [1.82, 2.24) is 0 Å². The van der Waals surface area contributed by atoms with E-state index in [1.54, 1.807) is 12.1 Å². The topological polar surface area (TPSA) is 17.1 Å². The summed E-state index contributed by atoms with van der Waals surface area (Å²) in [7, 11) is 0. The molecule has 2 aromatic carbocycles. The minimum Gasteiger partial charge on any atom is -0.294 e. The summed E-state index contributed by atoms with van der Waals surface area (Å²) in [6.07, 6.45) is 3.12. The maximum Gasteiger partial charge on any atom is 0.166 e. The van der Waals surface area contributed by atoms with Crippen molar-refractivity contribution in [3.63, 3.8) is 0 Å². The summed E-state index contributed by atoms with van der Waals surface area (Å²) in [5.74, 6) is -0.338. The maximum atomic E-state index is 13.9. The van der Waals surface area contributed by atoms with Crippen molar-refractivity contribution >= 4 is 17.4 Å². The van der Waals surface area contributed by atoms with Crippen LogP contribution in [0.5, 0.6) is 0 Å². The number of hydrogen-bond donors (Lipinski definition) is 0. The SMILES string of the molecule is O=C1c2ccccc2CCCC1Cc1ccc(Cl)cc1F. The van der Waals surface area contributed by atoms with E-state index in [1.807, 2.05) is 24.3 Å². The summed E-state index contributed by atoms with van der Waals surface area (Å²) in [5, 5.41) is 0.383. The van der Waals surface area contributed by atoms with E-state index in [0.717, 1.165) is 30.4 Å². The van der Waals surface area contributed by atoms with E-state index in [9.17, 15) is 9.18 Å². The molecule has 3 rings (SSSR count). The van der Waals surface area contributed by atoms with Gasteiger partial charge >= 0.3 is 0 Å². The number of rotatable bonds is 2. The Bertz CT molecular complexity index is 681. The van der Waals surface area contributed by atoms with Gasteiger partial charge in [-0.2, -0.15) is 0 Å². The van der Waals surface area contributed by atoms with Crippen LogP contribution in [0.4, 0.5) is 4.39 Å². The third-order valence-electron chi connectivity index (χ3n) is 4.13. The molecular formula is C18H16ClFO. The Labute approximate surface area is 128 Å². The predicted octanol–water partition coefficient (Wildman–Crippen LogP) is 4.86. The zero-order valence-corrected chi connectivity index (χ0v) is 12.4. The standard InChI is InChI=1S/C18H16ClFO/c19-15-9-8-13(17(20)11-15)10-14-6-3-5-12-4-1-2-7-16(12)18(14)21/h1-2,4,7-9,11,14H,3,5-6,10H2. The second kappa shape index (κ2) is 5.98. The maximum absolute atomic E-state index is 13.9. The molecule has 0 bridgehead atoms. The molecule has 0 aromatic heterocycles. The van der Waals surface area contributed by atoms with Gasteiger partial charge in [0, 0.05) is 16.5 Å². The highest BCUT2D eigenvalue weighted by molar-refractivity contribution is 6.30. The molecular weight excluding hydrogens is 287 g/mol. The summed E-state index contributed by atoms with van der Waals surface area (Å²) in [6, 6.07) is 12.4. The molecule has 0 aliphatic heterocycles. The Balaban J connectivity index is 1.87.